The number of hydrogen-bond acceptors (Lipinski definition) is 3. The van der Waals surface area contributed by atoms with Gasteiger partial charge in [-0.3, -0.25) is 4.98 Å². The molecule has 16 heavy (non-hydrogen) atoms. The van der Waals surface area contributed by atoms with Crippen LogP contribution in [-0.4, -0.2) is 26.2 Å². The van der Waals surface area contributed by atoms with E-state index in [0.29, 0.717) is 6.42 Å². The zero-order chi connectivity index (χ0) is 11.5. The van der Waals surface area contributed by atoms with Crippen molar-refractivity contribution >= 4 is 15.9 Å². The molecule has 2 heterocycles. The van der Waals surface area contributed by atoms with Gasteiger partial charge < -0.3 is 9.67 Å². The zero-order valence-corrected chi connectivity index (χ0v) is 10.5. The Morgan fingerprint density at radius 3 is 2.88 bits per heavy atom. The van der Waals surface area contributed by atoms with Gasteiger partial charge in [0.1, 0.15) is 10.3 Å². The first-order chi connectivity index (χ1) is 7.74. The van der Waals surface area contributed by atoms with E-state index in [0.717, 1.165) is 21.8 Å². The van der Waals surface area contributed by atoms with Crippen molar-refractivity contribution < 1.29 is 5.11 Å². The second kappa shape index (κ2) is 4.76. The summed E-state index contributed by atoms with van der Waals surface area (Å²) >= 11 is 3.46. The molecule has 2 rings (SSSR count). The van der Waals surface area contributed by atoms with Crippen LogP contribution in [0, 0.1) is 0 Å². The Bertz CT molecular complexity index is 481. The summed E-state index contributed by atoms with van der Waals surface area (Å²) in [6, 6.07) is 5.71. The SMILES string of the molecule is Cn1c(-c2ccccn2)nc(CCO)c1Br. The van der Waals surface area contributed by atoms with Crippen LogP contribution in [0.15, 0.2) is 29.0 Å². The van der Waals surface area contributed by atoms with E-state index in [1.165, 1.54) is 0 Å². The van der Waals surface area contributed by atoms with Gasteiger partial charge in [-0.15, -0.1) is 0 Å². The van der Waals surface area contributed by atoms with Crippen LogP contribution in [0.5, 0.6) is 0 Å². The first-order valence-electron chi connectivity index (χ1n) is 4.97. The highest BCUT2D eigenvalue weighted by atomic mass is 79.9. The normalized spacial score (nSPS) is 10.7. The molecule has 84 valence electrons. The van der Waals surface area contributed by atoms with E-state index < -0.39 is 0 Å². The van der Waals surface area contributed by atoms with Gasteiger partial charge in [0.05, 0.1) is 5.69 Å². The van der Waals surface area contributed by atoms with Gasteiger partial charge in [-0.1, -0.05) is 6.07 Å². The second-order valence-corrected chi connectivity index (χ2v) is 4.17. The van der Waals surface area contributed by atoms with Crippen LogP contribution < -0.4 is 0 Å². The van der Waals surface area contributed by atoms with Crippen molar-refractivity contribution in [2.75, 3.05) is 6.61 Å². The van der Waals surface area contributed by atoms with Crippen LogP contribution in [0.4, 0.5) is 0 Å². The number of aliphatic hydroxyl groups excluding tert-OH is 1. The number of nitrogens with zero attached hydrogens (tertiary/aromatic N) is 3. The Morgan fingerprint density at radius 1 is 1.44 bits per heavy atom. The zero-order valence-electron chi connectivity index (χ0n) is 8.89. The summed E-state index contributed by atoms with van der Waals surface area (Å²) < 4.78 is 2.81. The number of imidazole rings is 1. The van der Waals surface area contributed by atoms with Crippen molar-refractivity contribution in [2.45, 2.75) is 6.42 Å². The second-order valence-electron chi connectivity index (χ2n) is 3.42. The van der Waals surface area contributed by atoms with Gasteiger partial charge in [0.15, 0.2) is 5.82 Å². The van der Waals surface area contributed by atoms with Crippen molar-refractivity contribution in [2.24, 2.45) is 7.05 Å². The first-order valence-corrected chi connectivity index (χ1v) is 5.76. The van der Waals surface area contributed by atoms with E-state index in [2.05, 4.69) is 25.9 Å². The standard InChI is InChI=1S/C11H12BrN3O/c1-15-10(12)8(5-7-16)14-11(15)9-4-2-3-6-13-9/h2-4,6,16H,5,7H2,1H3. The van der Waals surface area contributed by atoms with E-state index in [9.17, 15) is 0 Å². The number of aromatic nitrogens is 3. The smallest absolute Gasteiger partial charge is 0.159 e. The lowest BCUT2D eigenvalue weighted by molar-refractivity contribution is 0.298. The topological polar surface area (TPSA) is 50.9 Å². The molecule has 0 aromatic carbocycles. The Balaban J connectivity index is 2.46. The summed E-state index contributed by atoms with van der Waals surface area (Å²) in [6.45, 7) is 0.0945. The number of hydrogen-bond donors (Lipinski definition) is 1. The minimum atomic E-state index is 0.0945. The fourth-order valence-corrected chi connectivity index (χ4v) is 1.98. The van der Waals surface area contributed by atoms with E-state index in [1.807, 2.05) is 29.8 Å². The molecule has 0 spiro atoms. The Labute approximate surface area is 102 Å². The fraction of sp³-hybridized carbons (Fsp3) is 0.273. The summed E-state index contributed by atoms with van der Waals surface area (Å²) in [4.78, 5) is 8.72. The molecular weight excluding hydrogens is 270 g/mol. The molecule has 0 aliphatic heterocycles. The lowest BCUT2D eigenvalue weighted by Crippen LogP contribution is -1.94. The number of aliphatic hydroxyl groups is 1. The molecule has 0 unspecified atom stereocenters. The van der Waals surface area contributed by atoms with E-state index >= 15 is 0 Å². The molecule has 1 N–H and O–H groups in total. The quantitative estimate of drug-likeness (QED) is 0.933. The highest BCUT2D eigenvalue weighted by Crippen LogP contribution is 2.23. The molecule has 4 nitrogen and oxygen atoms in total. The van der Waals surface area contributed by atoms with E-state index in [4.69, 9.17) is 5.11 Å². The minimum Gasteiger partial charge on any atom is -0.396 e. The maximum absolute atomic E-state index is 8.93. The van der Waals surface area contributed by atoms with Gasteiger partial charge in [-0.05, 0) is 28.1 Å². The van der Waals surface area contributed by atoms with Crippen molar-refractivity contribution in [3.63, 3.8) is 0 Å². The Hall–Kier alpha value is -1.20. The van der Waals surface area contributed by atoms with Crippen molar-refractivity contribution in [1.82, 2.24) is 14.5 Å². The third-order valence-electron chi connectivity index (χ3n) is 2.33. The largest absolute Gasteiger partial charge is 0.396 e. The number of pyridine rings is 1. The van der Waals surface area contributed by atoms with Crippen LogP contribution >= 0.6 is 15.9 Å². The molecule has 0 saturated carbocycles. The van der Waals surface area contributed by atoms with Gasteiger partial charge in [-0.25, -0.2) is 4.98 Å². The molecule has 0 aliphatic carbocycles. The molecule has 0 atom stereocenters. The lowest BCUT2D eigenvalue weighted by atomic mass is 10.3. The van der Waals surface area contributed by atoms with E-state index in [1.54, 1.807) is 6.20 Å². The summed E-state index contributed by atoms with van der Waals surface area (Å²) in [6.07, 6.45) is 2.28. The Kier molecular flexibility index (Phi) is 3.36. The maximum Gasteiger partial charge on any atom is 0.159 e. The van der Waals surface area contributed by atoms with Crippen LogP contribution in [0.25, 0.3) is 11.5 Å². The number of halogens is 1. The van der Waals surface area contributed by atoms with Crippen LogP contribution in [-0.2, 0) is 13.5 Å². The predicted molar refractivity (Wildman–Crippen MR) is 64.9 cm³/mol. The van der Waals surface area contributed by atoms with E-state index in [-0.39, 0.29) is 6.61 Å². The summed E-state index contributed by atoms with van der Waals surface area (Å²) in [5, 5.41) is 8.93. The predicted octanol–water partition coefficient (Wildman–Crippen LogP) is 1.78. The molecule has 0 aliphatic rings. The molecule has 0 fully saturated rings. The monoisotopic (exact) mass is 281 g/mol. The molecule has 0 saturated heterocycles. The van der Waals surface area contributed by atoms with Gasteiger partial charge in [-0.2, -0.15) is 0 Å². The van der Waals surface area contributed by atoms with Crippen molar-refractivity contribution in [3.8, 4) is 11.5 Å². The van der Waals surface area contributed by atoms with Gasteiger partial charge >= 0.3 is 0 Å². The summed E-state index contributed by atoms with van der Waals surface area (Å²) in [7, 11) is 1.92. The van der Waals surface area contributed by atoms with Crippen molar-refractivity contribution in [1.29, 1.82) is 0 Å². The van der Waals surface area contributed by atoms with Gasteiger partial charge in [0.2, 0.25) is 0 Å². The highest BCUT2D eigenvalue weighted by Gasteiger charge is 2.13. The summed E-state index contributed by atoms with van der Waals surface area (Å²) in [5.41, 5.74) is 1.68. The average molecular weight is 282 g/mol. The first kappa shape index (κ1) is 11.3. The maximum atomic E-state index is 8.93. The molecule has 5 heteroatoms. The minimum absolute atomic E-state index is 0.0945. The molecule has 0 amide bonds. The van der Waals surface area contributed by atoms with Crippen molar-refractivity contribution in [3.05, 3.63) is 34.7 Å². The van der Waals surface area contributed by atoms with Gasteiger partial charge in [0, 0.05) is 26.3 Å². The Morgan fingerprint density at radius 2 is 2.25 bits per heavy atom. The van der Waals surface area contributed by atoms with Crippen LogP contribution in [0.2, 0.25) is 0 Å². The number of rotatable bonds is 3. The molecule has 0 radical (unpaired) electrons. The third kappa shape index (κ3) is 2.01. The van der Waals surface area contributed by atoms with Crippen LogP contribution in [0.3, 0.4) is 0 Å². The molecular formula is C11H12BrN3O. The highest BCUT2D eigenvalue weighted by molar-refractivity contribution is 9.10. The average Bonchev–Trinajstić information content (AvgIpc) is 2.59. The summed E-state index contributed by atoms with van der Waals surface area (Å²) in [5.74, 6) is 0.802. The molecule has 0 bridgehead atoms. The third-order valence-corrected chi connectivity index (χ3v) is 3.32. The van der Waals surface area contributed by atoms with Gasteiger partial charge in [0.25, 0.3) is 0 Å². The molecule has 2 aromatic heterocycles. The van der Waals surface area contributed by atoms with Crippen LogP contribution in [0.1, 0.15) is 5.69 Å². The molecule has 2 aromatic rings. The fourth-order valence-electron chi connectivity index (χ4n) is 1.52. The lowest BCUT2D eigenvalue weighted by Gasteiger charge is -2.00.